The van der Waals surface area contributed by atoms with E-state index in [0.29, 0.717) is 25.9 Å². The fraction of sp³-hybridized carbons (Fsp3) is 0.278. The number of carbonyl (C=O) groups excluding carboxylic acids is 2. The van der Waals surface area contributed by atoms with E-state index >= 15 is 0 Å². The molecule has 47 heavy (non-hydrogen) atoms. The summed E-state index contributed by atoms with van der Waals surface area (Å²) in [4.78, 5) is 34.3. The van der Waals surface area contributed by atoms with Gasteiger partial charge in [-0.2, -0.15) is 13.2 Å². The molecule has 1 atom stereocenters. The number of H-pyrrole nitrogens is 2. The average molecular weight is 646 g/mol. The van der Waals surface area contributed by atoms with Gasteiger partial charge in [0.05, 0.1) is 11.6 Å². The molecule has 0 bridgehead atoms. The second-order valence-electron chi connectivity index (χ2n) is 11.9. The topological polar surface area (TPSA) is 75.4 Å². The van der Waals surface area contributed by atoms with E-state index in [-0.39, 0.29) is 30.4 Å². The summed E-state index contributed by atoms with van der Waals surface area (Å²) in [6, 6.07) is 17.0. The molecule has 6 rings (SSSR count). The highest BCUT2D eigenvalue weighted by atomic mass is 19.4. The number of para-hydroxylation sites is 1. The summed E-state index contributed by atoms with van der Waals surface area (Å²) in [5, 5.41) is 5.31. The van der Waals surface area contributed by atoms with Crippen LogP contribution in [0, 0.1) is 5.82 Å². The first kappa shape index (κ1) is 32.1. The van der Waals surface area contributed by atoms with Gasteiger partial charge in [-0.15, -0.1) is 0 Å². The van der Waals surface area contributed by atoms with E-state index < -0.39 is 23.7 Å². The molecular formula is C36H35F4N5O2. The minimum atomic E-state index is -4.58. The van der Waals surface area contributed by atoms with Crippen LogP contribution in [0.4, 0.5) is 17.6 Å². The smallest absolute Gasteiger partial charge is 0.361 e. The Morgan fingerprint density at radius 3 is 2.34 bits per heavy atom. The number of fused-ring (bicyclic) bond motifs is 2. The summed E-state index contributed by atoms with van der Waals surface area (Å²) in [6.45, 7) is 3.38. The molecular weight excluding hydrogens is 610 g/mol. The summed E-state index contributed by atoms with van der Waals surface area (Å²) in [5.74, 6) is -0.978. The number of nitrogens with one attached hydrogen (secondary N) is 2. The second kappa shape index (κ2) is 13.1. The minimum absolute atomic E-state index is 0.00933. The quantitative estimate of drug-likeness (QED) is 0.165. The number of hydrogen-bond acceptors (Lipinski definition) is 3. The Hall–Kier alpha value is -4.90. The number of alkyl halides is 3. The molecule has 0 aliphatic carbocycles. The van der Waals surface area contributed by atoms with Crippen LogP contribution in [-0.2, 0) is 28.7 Å². The second-order valence-corrected chi connectivity index (χ2v) is 11.9. The van der Waals surface area contributed by atoms with Crippen LogP contribution >= 0.6 is 0 Å². The van der Waals surface area contributed by atoms with E-state index in [1.807, 2.05) is 47.7 Å². The summed E-state index contributed by atoms with van der Waals surface area (Å²) >= 11 is 0. The van der Waals surface area contributed by atoms with Gasteiger partial charge in [-0.25, -0.2) is 9.40 Å². The van der Waals surface area contributed by atoms with Crippen LogP contribution in [0.2, 0.25) is 0 Å². The molecule has 5 aromatic rings. The highest BCUT2D eigenvalue weighted by Crippen LogP contribution is 2.34. The van der Waals surface area contributed by atoms with Crippen LogP contribution in [-0.4, -0.2) is 62.4 Å². The third-order valence-corrected chi connectivity index (χ3v) is 8.84. The standard InChI is InChI=1S/C36H35F4N5O2/c1-23(46)43(21-26-7-3-5-9-33(26)36(38,39)40)22-29(17-27-19-41-34-10-6-4-8-30(27)34)45(24(2)47)44-15-13-25(14-16-44)32-20-42-35-12-11-28(37)18-31(32)35/h3-13,18-20,29,41-42H,14-17,21-22H2,1-2H3/t29-/m1/s1. The number of carbonyl (C=O) groups is 2. The van der Waals surface area contributed by atoms with Crippen molar-refractivity contribution in [3.8, 4) is 0 Å². The molecule has 7 nitrogen and oxygen atoms in total. The molecule has 0 fully saturated rings. The highest BCUT2D eigenvalue weighted by molar-refractivity contribution is 5.93. The Kier molecular flexibility index (Phi) is 8.92. The summed E-state index contributed by atoms with van der Waals surface area (Å²) in [6.07, 6.45) is 2.08. The predicted octanol–water partition coefficient (Wildman–Crippen LogP) is 7.32. The van der Waals surface area contributed by atoms with Gasteiger partial charge in [0.2, 0.25) is 11.8 Å². The van der Waals surface area contributed by atoms with Gasteiger partial charge in [-0.05, 0) is 59.9 Å². The lowest BCUT2D eigenvalue weighted by Gasteiger charge is -2.43. The summed E-state index contributed by atoms with van der Waals surface area (Å²) in [7, 11) is 0. The van der Waals surface area contributed by atoms with E-state index in [9.17, 15) is 27.2 Å². The maximum absolute atomic E-state index is 14.1. The molecule has 244 valence electrons. The number of amides is 2. The summed E-state index contributed by atoms with van der Waals surface area (Å²) in [5.41, 5.74) is 3.76. The van der Waals surface area contributed by atoms with Gasteiger partial charge >= 0.3 is 6.18 Å². The fourth-order valence-corrected chi connectivity index (χ4v) is 6.63. The third kappa shape index (κ3) is 6.80. The van der Waals surface area contributed by atoms with Crippen LogP contribution in [0.5, 0.6) is 0 Å². The molecule has 0 spiro atoms. The zero-order valence-corrected chi connectivity index (χ0v) is 26.1. The van der Waals surface area contributed by atoms with Crippen molar-refractivity contribution in [1.29, 1.82) is 0 Å². The Labute approximate surface area is 269 Å². The van der Waals surface area contributed by atoms with Crippen LogP contribution in [0.15, 0.2) is 85.2 Å². The van der Waals surface area contributed by atoms with Crippen LogP contribution < -0.4 is 0 Å². The number of hydrogen-bond donors (Lipinski definition) is 2. The number of aromatic amines is 2. The Morgan fingerprint density at radius 1 is 0.894 bits per heavy atom. The van der Waals surface area contributed by atoms with Gasteiger partial charge in [0, 0.05) is 79.8 Å². The van der Waals surface area contributed by atoms with Crippen molar-refractivity contribution < 1.29 is 27.2 Å². The number of benzene rings is 3. The Morgan fingerprint density at radius 2 is 1.62 bits per heavy atom. The van der Waals surface area contributed by atoms with Crippen molar-refractivity contribution in [2.24, 2.45) is 0 Å². The summed E-state index contributed by atoms with van der Waals surface area (Å²) < 4.78 is 55.7. The van der Waals surface area contributed by atoms with E-state index in [4.69, 9.17) is 0 Å². The lowest BCUT2D eigenvalue weighted by molar-refractivity contribution is -0.155. The molecule has 3 heterocycles. The first-order chi connectivity index (χ1) is 22.5. The van der Waals surface area contributed by atoms with E-state index in [2.05, 4.69) is 9.97 Å². The van der Waals surface area contributed by atoms with Gasteiger partial charge in [0.15, 0.2) is 0 Å². The molecule has 2 aromatic heterocycles. The highest BCUT2D eigenvalue weighted by Gasteiger charge is 2.35. The number of hydrazine groups is 1. The molecule has 2 amide bonds. The zero-order chi connectivity index (χ0) is 33.3. The van der Waals surface area contributed by atoms with Crippen molar-refractivity contribution in [1.82, 2.24) is 24.9 Å². The van der Waals surface area contributed by atoms with Crippen molar-refractivity contribution in [3.63, 3.8) is 0 Å². The molecule has 11 heteroatoms. The van der Waals surface area contributed by atoms with E-state index in [1.165, 1.54) is 49.1 Å². The third-order valence-electron chi connectivity index (χ3n) is 8.84. The lowest BCUT2D eigenvalue weighted by Crippen LogP contribution is -2.57. The van der Waals surface area contributed by atoms with Crippen molar-refractivity contribution >= 4 is 39.2 Å². The van der Waals surface area contributed by atoms with Crippen molar-refractivity contribution in [2.75, 3.05) is 19.6 Å². The molecule has 1 aliphatic heterocycles. The van der Waals surface area contributed by atoms with Crippen LogP contribution in [0.3, 0.4) is 0 Å². The van der Waals surface area contributed by atoms with E-state index in [1.54, 1.807) is 11.1 Å². The van der Waals surface area contributed by atoms with Crippen LogP contribution in [0.1, 0.15) is 42.5 Å². The predicted molar refractivity (Wildman–Crippen MR) is 173 cm³/mol. The fourth-order valence-electron chi connectivity index (χ4n) is 6.63. The first-order valence-corrected chi connectivity index (χ1v) is 15.5. The van der Waals surface area contributed by atoms with Crippen molar-refractivity contribution in [2.45, 2.75) is 45.5 Å². The molecule has 1 aliphatic rings. The maximum Gasteiger partial charge on any atom is 0.416 e. The molecule has 3 aromatic carbocycles. The Balaban J connectivity index is 1.33. The molecule has 0 saturated heterocycles. The number of aromatic nitrogens is 2. The minimum Gasteiger partial charge on any atom is -0.361 e. The molecule has 0 saturated carbocycles. The van der Waals surface area contributed by atoms with Gasteiger partial charge in [0.1, 0.15) is 5.82 Å². The number of rotatable bonds is 9. The van der Waals surface area contributed by atoms with Gasteiger partial charge in [-0.3, -0.25) is 14.6 Å². The lowest BCUT2D eigenvalue weighted by atomic mass is 9.99. The SMILES string of the molecule is CC(=O)N(Cc1ccccc1C(F)(F)F)C[C@@H](Cc1c[nH]c2ccccc12)N(C(C)=O)N1CC=C(c2c[nH]c3ccc(F)cc23)CC1. The first-order valence-electron chi connectivity index (χ1n) is 15.5. The maximum atomic E-state index is 14.1. The molecule has 0 unspecified atom stereocenters. The largest absolute Gasteiger partial charge is 0.416 e. The zero-order valence-electron chi connectivity index (χ0n) is 26.1. The van der Waals surface area contributed by atoms with Gasteiger partial charge in [0.25, 0.3) is 0 Å². The number of nitrogens with zero attached hydrogens (tertiary/aromatic N) is 3. The van der Waals surface area contributed by atoms with E-state index in [0.717, 1.165) is 44.6 Å². The monoisotopic (exact) mass is 645 g/mol. The van der Waals surface area contributed by atoms with Crippen LogP contribution in [0.25, 0.3) is 27.4 Å². The van der Waals surface area contributed by atoms with Crippen molar-refractivity contribution in [3.05, 3.63) is 113 Å². The van der Waals surface area contributed by atoms with Gasteiger partial charge in [-0.1, -0.05) is 42.5 Å². The molecule has 0 radical (unpaired) electrons. The number of halogens is 4. The average Bonchev–Trinajstić information content (AvgIpc) is 3.64. The normalized spacial score (nSPS) is 14.7. The Bertz CT molecular complexity index is 1960. The molecule has 2 N–H and O–H groups in total. The van der Waals surface area contributed by atoms with Gasteiger partial charge < -0.3 is 14.9 Å².